The zero-order valence-electron chi connectivity index (χ0n) is 12.9. The summed E-state index contributed by atoms with van der Waals surface area (Å²) in [6.07, 6.45) is 0.477. The minimum Gasteiger partial charge on any atom is -0.386 e. The summed E-state index contributed by atoms with van der Waals surface area (Å²) in [5.74, 6) is 0.0582. The van der Waals surface area contributed by atoms with Crippen molar-refractivity contribution in [1.29, 1.82) is 0 Å². The predicted octanol–water partition coefficient (Wildman–Crippen LogP) is 1.89. The van der Waals surface area contributed by atoms with Crippen LogP contribution in [-0.4, -0.2) is 32.5 Å². The van der Waals surface area contributed by atoms with Gasteiger partial charge in [-0.2, -0.15) is 0 Å². The van der Waals surface area contributed by atoms with Crippen molar-refractivity contribution in [3.05, 3.63) is 46.7 Å². The highest BCUT2D eigenvalue weighted by Crippen LogP contribution is 2.23. The molecule has 1 aromatic heterocycles. The molecule has 1 aliphatic heterocycles. The Kier molecular flexibility index (Phi) is 5.00. The van der Waals surface area contributed by atoms with E-state index in [4.69, 9.17) is 0 Å². The molecule has 1 saturated heterocycles. The van der Waals surface area contributed by atoms with Gasteiger partial charge in [-0.3, -0.25) is 4.79 Å². The topological polar surface area (TPSA) is 86.7 Å². The van der Waals surface area contributed by atoms with Crippen molar-refractivity contribution in [2.45, 2.75) is 23.8 Å². The van der Waals surface area contributed by atoms with E-state index >= 15 is 0 Å². The van der Waals surface area contributed by atoms with Gasteiger partial charge < -0.3 is 10.0 Å². The maximum absolute atomic E-state index is 12.3. The molecule has 0 spiro atoms. The van der Waals surface area contributed by atoms with Crippen LogP contribution in [0.1, 0.15) is 23.8 Å². The first kappa shape index (κ1) is 17.1. The van der Waals surface area contributed by atoms with Crippen molar-refractivity contribution in [3.8, 4) is 0 Å². The number of aliphatic hydroxyl groups excluding tert-OH is 1. The van der Waals surface area contributed by atoms with E-state index in [-0.39, 0.29) is 17.3 Å². The average Bonchev–Trinajstić information content (AvgIpc) is 3.24. The summed E-state index contributed by atoms with van der Waals surface area (Å²) >= 11 is 1.37. The van der Waals surface area contributed by atoms with Gasteiger partial charge in [-0.15, -0.1) is 11.3 Å². The lowest BCUT2D eigenvalue weighted by Crippen LogP contribution is -2.28. The zero-order valence-corrected chi connectivity index (χ0v) is 14.5. The quantitative estimate of drug-likeness (QED) is 0.817. The number of thiophene rings is 1. The largest absolute Gasteiger partial charge is 0.386 e. The van der Waals surface area contributed by atoms with E-state index < -0.39 is 16.1 Å². The van der Waals surface area contributed by atoms with Crippen molar-refractivity contribution < 1.29 is 18.3 Å². The minimum absolute atomic E-state index is 0.0582. The van der Waals surface area contributed by atoms with Gasteiger partial charge in [-0.1, -0.05) is 6.07 Å². The summed E-state index contributed by atoms with van der Waals surface area (Å²) < 4.78 is 27.0. The number of sulfonamides is 1. The molecule has 1 unspecified atom stereocenters. The van der Waals surface area contributed by atoms with E-state index in [0.29, 0.717) is 23.5 Å². The molecule has 2 heterocycles. The fourth-order valence-electron chi connectivity index (χ4n) is 2.58. The van der Waals surface area contributed by atoms with Gasteiger partial charge in [0.2, 0.25) is 15.9 Å². The average molecular weight is 366 g/mol. The molecule has 1 aliphatic rings. The third-order valence-electron chi connectivity index (χ3n) is 3.87. The number of aliphatic hydroxyl groups is 1. The van der Waals surface area contributed by atoms with E-state index in [1.54, 1.807) is 29.2 Å². The van der Waals surface area contributed by atoms with Crippen LogP contribution < -0.4 is 9.62 Å². The number of nitrogens with one attached hydrogen (secondary N) is 1. The molecule has 6 nitrogen and oxygen atoms in total. The Labute approximate surface area is 144 Å². The molecule has 24 heavy (non-hydrogen) atoms. The van der Waals surface area contributed by atoms with E-state index in [1.165, 1.54) is 23.5 Å². The molecule has 1 amide bonds. The SMILES string of the molecule is O=C1CCCN1c1ccc(S(=O)(=O)NCC(O)c2cccs2)cc1. The molecule has 3 rings (SSSR count). The Hall–Kier alpha value is -1.74. The third kappa shape index (κ3) is 3.67. The summed E-state index contributed by atoms with van der Waals surface area (Å²) in [5.41, 5.74) is 0.704. The molecule has 0 aliphatic carbocycles. The predicted molar refractivity (Wildman–Crippen MR) is 92.5 cm³/mol. The Bertz CT molecular complexity index is 801. The summed E-state index contributed by atoms with van der Waals surface area (Å²) in [5, 5.41) is 11.8. The minimum atomic E-state index is -3.71. The second kappa shape index (κ2) is 7.02. The molecule has 2 aromatic rings. The molecule has 0 radical (unpaired) electrons. The first-order chi connectivity index (χ1) is 11.5. The van der Waals surface area contributed by atoms with Gasteiger partial charge in [0.1, 0.15) is 6.10 Å². The second-order valence-corrected chi connectivity index (χ2v) is 8.27. The standard InChI is InChI=1S/C16H18N2O4S2/c19-14(15-3-2-10-23-15)11-17-24(21,22)13-7-5-12(6-8-13)18-9-1-4-16(18)20/h2-3,5-8,10,14,17,19H,1,4,9,11H2. The number of amides is 1. The molecule has 0 bridgehead atoms. The Morgan fingerprint density at radius 2 is 2.00 bits per heavy atom. The maximum Gasteiger partial charge on any atom is 0.240 e. The third-order valence-corrected chi connectivity index (χ3v) is 6.28. The molecule has 1 fully saturated rings. The van der Waals surface area contributed by atoms with E-state index in [2.05, 4.69) is 4.72 Å². The van der Waals surface area contributed by atoms with Crippen LogP contribution in [0.15, 0.2) is 46.7 Å². The van der Waals surface area contributed by atoms with E-state index in [9.17, 15) is 18.3 Å². The van der Waals surface area contributed by atoms with Gasteiger partial charge >= 0.3 is 0 Å². The van der Waals surface area contributed by atoms with Crippen LogP contribution in [0.4, 0.5) is 5.69 Å². The lowest BCUT2D eigenvalue weighted by Gasteiger charge is -2.16. The molecule has 8 heteroatoms. The maximum atomic E-state index is 12.3. The van der Waals surface area contributed by atoms with Crippen molar-refractivity contribution >= 4 is 33.0 Å². The number of hydrogen-bond acceptors (Lipinski definition) is 5. The summed E-state index contributed by atoms with van der Waals surface area (Å²) in [6, 6.07) is 9.77. The fraction of sp³-hybridized carbons (Fsp3) is 0.312. The monoisotopic (exact) mass is 366 g/mol. The van der Waals surface area contributed by atoms with Gasteiger partial charge in [0.15, 0.2) is 0 Å². The van der Waals surface area contributed by atoms with Crippen LogP contribution >= 0.6 is 11.3 Å². The van der Waals surface area contributed by atoms with Crippen LogP contribution in [-0.2, 0) is 14.8 Å². The van der Waals surface area contributed by atoms with Crippen LogP contribution in [0.3, 0.4) is 0 Å². The Morgan fingerprint density at radius 1 is 1.25 bits per heavy atom. The van der Waals surface area contributed by atoms with Crippen molar-refractivity contribution in [2.75, 3.05) is 18.0 Å². The number of carbonyl (C=O) groups is 1. The van der Waals surface area contributed by atoms with Crippen LogP contribution in [0.25, 0.3) is 0 Å². The number of rotatable bonds is 6. The highest BCUT2D eigenvalue weighted by molar-refractivity contribution is 7.89. The normalized spacial score (nSPS) is 16.5. The molecule has 0 saturated carbocycles. The number of benzene rings is 1. The highest BCUT2D eigenvalue weighted by atomic mass is 32.2. The number of carbonyl (C=O) groups excluding carboxylic acids is 1. The molecular weight excluding hydrogens is 348 g/mol. The fourth-order valence-corrected chi connectivity index (χ4v) is 4.33. The summed E-state index contributed by atoms with van der Waals surface area (Å²) in [6.45, 7) is 0.575. The number of hydrogen-bond donors (Lipinski definition) is 2. The number of nitrogens with zero attached hydrogens (tertiary/aromatic N) is 1. The number of anilines is 1. The van der Waals surface area contributed by atoms with Crippen molar-refractivity contribution in [3.63, 3.8) is 0 Å². The lowest BCUT2D eigenvalue weighted by atomic mass is 10.3. The Balaban J connectivity index is 1.67. The first-order valence-corrected chi connectivity index (χ1v) is 9.95. The molecular formula is C16H18N2O4S2. The first-order valence-electron chi connectivity index (χ1n) is 7.59. The molecule has 2 N–H and O–H groups in total. The second-order valence-electron chi connectivity index (χ2n) is 5.53. The van der Waals surface area contributed by atoms with E-state index in [1.807, 2.05) is 5.38 Å². The molecule has 1 aromatic carbocycles. The smallest absolute Gasteiger partial charge is 0.240 e. The van der Waals surface area contributed by atoms with Crippen LogP contribution in [0.2, 0.25) is 0 Å². The van der Waals surface area contributed by atoms with Crippen molar-refractivity contribution in [1.82, 2.24) is 4.72 Å². The Morgan fingerprint density at radius 3 is 2.58 bits per heavy atom. The highest BCUT2D eigenvalue weighted by Gasteiger charge is 2.22. The van der Waals surface area contributed by atoms with Crippen LogP contribution in [0.5, 0.6) is 0 Å². The van der Waals surface area contributed by atoms with Gasteiger partial charge in [-0.05, 0) is 42.1 Å². The summed E-state index contributed by atoms with van der Waals surface area (Å²) in [7, 11) is -3.71. The van der Waals surface area contributed by atoms with Crippen molar-refractivity contribution in [2.24, 2.45) is 0 Å². The van der Waals surface area contributed by atoms with Gasteiger partial charge in [0, 0.05) is 30.1 Å². The lowest BCUT2D eigenvalue weighted by molar-refractivity contribution is -0.117. The van der Waals surface area contributed by atoms with Gasteiger partial charge in [0.05, 0.1) is 4.90 Å². The van der Waals surface area contributed by atoms with E-state index in [0.717, 1.165) is 6.42 Å². The molecule has 128 valence electrons. The van der Waals surface area contributed by atoms with Gasteiger partial charge in [0.25, 0.3) is 0 Å². The molecule has 1 atom stereocenters. The van der Waals surface area contributed by atoms with Gasteiger partial charge in [-0.25, -0.2) is 13.1 Å². The zero-order chi connectivity index (χ0) is 17.2. The summed E-state index contributed by atoms with van der Waals surface area (Å²) in [4.78, 5) is 14.2. The van der Waals surface area contributed by atoms with Crippen LogP contribution in [0, 0.1) is 0 Å².